The van der Waals surface area contributed by atoms with Crippen molar-refractivity contribution in [2.45, 2.75) is 50.0 Å². The summed E-state index contributed by atoms with van der Waals surface area (Å²) in [4.78, 5) is 0. The summed E-state index contributed by atoms with van der Waals surface area (Å²) in [6.07, 6.45) is 4.38. The maximum Gasteiger partial charge on any atom is 0.155 e. The van der Waals surface area contributed by atoms with Crippen LogP contribution in [0.25, 0.3) is 0 Å². The van der Waals surface area contributed by atoms with Gasteiger partial charge in [0, 0.05) is 5.25 Å². The van der Waals surface area contributed by atoms with Gasteiger partial charge in [-0.2, -0.15) is 12.6 Å². The van der Waals surface area contributed by atoms with Crippen LogP contribution in [0.1, 0.15) is 39.5 Å². The Morgan fingerprint density at radius 2 is 2.21 bits per heavy atom. The lowest BCUT2D eigenvalue weighted by molar-refractivity contribution is 0.286. The van der Waals surface area contributed by atoms with Gasteiger partial charge < -0.3 is 4.55 Å². The molecular weight excluding hydrogens is 216 g/mol. The number of thiol groups is 1. The Kier molecular flexibility index (Phi) is 4.94. The molecule has 0 heterocycles. The molecule has 5 unspecified atom stereocenters. The average molecular weight is 236 g/mol. The van der Waals surface area contributed by atoms with Crippen molar-refractivity contribution < 1.29 is 8.76 Å². The smallest absolute Gasteiger partial charge is 0.155 e. The van der Waals surface area contributed by atoms with Crippen molar-refractivity contribution in [3.05, 3.63) is 0 Å². The van der Waals surface area contributed by atoms with E-state index in [1.807, 2.05) is 6.92 Å². The van der Waals surface area contributed by atoms with Gasteiger partial charge >= 0.3 is 0 Å². The SMILES string of the molecule is CC1CCC(CC(C)S(=O)O)CC1S. The molecule has 0 spiro atoms. The summed E-state index contributed by atoms with van der Waals surface area (Å²) < 4.78 is 19.7. The maximum absolute atomic E-state index is 10.8. The van der Waals surface area contributed by atoms with E-state index in [9.17, 15) is 4.21 Å². The van der Waals surface area contributed by atoms with Gasteiger partial charge in [0.05, 0.1) is 5.25 Å². The first-order chi connectivity index (χ1) is 6.50. The summed E-state index contributed by atoms with van der Waals surface area (Å²) in [5.74, 6) is 1.30. The first kappa shape index (κ1) is 12.5. The molecule has 1 aliphatic rings. The van der Waals surface area contributed by atoms with Crippen LogP contribution in [0.3, 0.4) is 0 Å². The largest absolute Gasteiger partial charge is 0.306 e. The number of rotatable bonds is 3. The van der Waals surface area contributed by atoms with Crippen molar-refractivity contribution in [2.75, 3.05) is 0 Å². The van der Waals surface area contributed by atoms with Crippen molar-refractivity contribution in [2.24, 2.45) is 11.8 Å². The third-order valence-corrected chi connectivity index (χ3v) is 4.87. The average Bonchev–Trinajstić information content (AvgIpc) is 2.11. The lowest BCUT2D eigenvalue weighted by atomic mass is 9.80. The predicted octanol–water partition coefficient (Wildman–Crippen LogP) is 2.72. The number of hydrogen-bond acceptors (Lipinski definition) is 2. The molecule has 0 aromatic carbocycles. The molecule has 0 saturated heterocycles. The molecule has 0 radical (unpaired) electrons. The first-order valence-corrected chi connectivity index (χ1v) is 6.97. The fraction of sp³-hybridized carbons (Fsp3) is 1.00. The van der Waals surface area contributed by atoms with Gasteiger partial charge in [0.1, 0.15) is 0 Å². The van der Waals surface area contributed by atoms with Crippen LogP contribution in [0.15, 0.2) is 0 Å². The van der Waals surface area contributed by atoms with Crippen molar-refractivity contribution in [1.29, 1.82) is 0 Å². The number of hydrogen-bond donors (Lipinski definition) is 2. The van der Waals surface area contributed by atoms with Crippen molar-refractivity contribution in [3.63, 3.8) is 0 Å². The summed E-state index contributed by atoms with van der Waals surface area (Å²) in [7, 11) is 0. The van der Waals surface area contributed by atoms with Crippen LogP contribution in [0.5, 0.6) is 0 Å². The van der Waals surface area contributed by atoms with Crippen LogP contribution in [0, 0.1) is 11.8 Å². The normalized spacial score (nSPS) is 37.9. The zero-order valence-electron chi connectivity index (χ0n) is 8.85. The predicted molar refractivity (Wildman–Crippen MR) is 64.1 cm³/mol. The van der Waals surface area contributed by atoms with Gasteiger partial charge in [-0.15, -0.1) is 0 Å². The summed E-state index contributed by atoms with van der Waals surface area (Å²) in [6.45, 7) is 4.09. The molecule has 5 atom stereocenters. The molecular formula is C10H20O2S2. The van der Waals surface area contributed by atoms with Gasteiger partial charge in [-0.3, -0.25) is 0 Å². The van der Waals surface area contributed by atoms with Crippen LogP contribution in [0.4, 0.5) is 0 Å². The van der Waals surface area contributed by atoms with E-state index in [0.717, 1.165) is 12.8 Å². The van der Waals surface area contributed by atoms with Gasteiger partial charge in [0.15, 0.2) is 11.1 Å². The Bertz CT molecular complexity index is 208. The highest BCUT2D eigenvalue weighted by Crippen LogP contribution is 2.34. The summed E-state index contributed by atoms with van der Waals surface area (Å²) in [6, 6.07) is 0. The van der Waals surface area contributed by atoms with E-state index in [-0.39, 0.29) is 5.25 Å². The van der Waals surface area contributed by atoms with Crippen LogP contribution < -0.4 is 0 Å². The van der Waals surface area contributed by atoms with Crippen molar-refractivity contribution in [1.82, 2.24) is 0 Å². The van der Waals surface area contributed by atoms with E-state index in [2.05, 4.69) is 19.6 Å². The van der Waals surface area contributed by atoms with Crippen LogP contribution in [0.2, 0.25) is 0 Å². The molecule has 1 aliphatic carbocycles. The van der Waals surface area contributed by atoms with Crippen LogP contribution in [-0.4, -0.2) is 19.3 Å². The quantitative estimate of drug-likeness (QED) is 0.584. The molecule has 1 N–H and O–H groups in total. The van der Waals surface area contributed by atoms with Crippen molar-refractivity contribution >= 4 is 23.7 Å². The molecule has 1 rings (SSSR count). The fourth-order valence-electron chi connectivity index (χ4n) is 2.15. The second-order valence-corrected chi connectivity index (χ2v) is 6.57. The summed E-state index contributed by atoms with van der Waals surface area (Å²) in [5, 5.41) is 0.391. The van der Waals surface area contributed by atoms with E-state index in [4.69, 9.17) is 4.55 Å². The van der Waals surface area contributed by atoms with E-state index in [1.54, 1.807) is 0 Å². The molecule has 2 nitrogen and oxygen atoms in total. The Labute approximate surface area is 94.6 Å². The van der Waals surface area contributed by atoms with Gasteiger partial charge in [-0.1, -0.05) is 13.3 Å². The zero-order chi connectivity index (χ0) is 10.7. The highest BCUT2D eigenvalue weighted by Gasteiger charge is 2.27. The fourth-order valence-corrected chi connectivity index (χ4v) is 3.03. The van der Waals surface area contributed by atoms with E-state index in [0.29, 0.717) is 17.1 Å². The van der Waals surface area contributed by atoms with Gasteiger partial charge in [-0.05, 0) is 38.0 Å². The van der Waals surface area contributed by atoms with E-state index < -0.39 is 11.1 Å². The van der Waals surface area contributed by atoms with Gasteiger partial charge in [0.25, 0.3) is 0 Å². The molecule has 14 heavy (non-hydrogen) atoms. The zero-order valence-corrected chi connectivity index (χ0v) is 10.6. The molecule has 0 aliphatic heterocycles. The third kappa shape index (κ3) is 3.55. The van der Waals surface area contributed by atoms with Crippen molar-refractivity contribution in [3.8, 4) is 0 Å². The molecule has 4 heteroatoms. The third-order valence-electron chi connectivity index (χ3n) is 3.27. The monoisotopic (exact) mass is 236 g/mol. The lowest BCUT2D eigenvalue weighted by Gasteiger charge is -2.32. The standard InChI is InChI=1S/C10H20O2S2/c1-7-3-4-9(6-10(7)13)5-8(2)14(11)12/h7-10,13H,3-6H2,1-2H3,(H,11,12). The Balaban J connectivity index is 2.36. The summed E-state index contributed by atoms with van der Waals surface area (Å²) in [5.41, 5.74) is 0. The molecule has 1 fully saturated rings. The minimum absolute atomic E-state index is 0.0889. The minimum atomic E-state index is -1.66. The Hall–Kier alpha value is 0.460. The molecule has 84 valence electrons. The second-order valence-electron chi connectivity index (χ2n) is 4.55. The first-order valence-electron chi connectivity index (χ1n) is 5.28. The molecule has 1 saturated carbocycles. The minimum Gasteiger partial charge on any atom is -0.306 e. The molecule has 0 aromatic heterocycles. The van der Waals surface area contributed by atoms with Crippen LogP contribution >= 0.6 is 12.6 Å². The molecule has 0 aromatic rings. The van der Waals surface area contributed by atoms with Crippen LogP contribution in [-0.2, 0) is 11.1 Å². The molecule has 0 bridgehead atoms. The highest BCUT2D eigenvalue weighted by molar-refractivity contribution is 7.81. The second kappa shape index (κ2) is 5.52. The Morgan fingerprint density at radius 1 is 1.57 bits per heavy atom. The maximum atomic E-state index is 10.8. The topological polar surface area (TPSA) is 37.3 Å². The molecule has 0 amide bonds. The van der Waals surface area contributed by atoms with Gasteiger partial charge in [-0.25, -0.2) is 4.21 Å². The van der Waals surface area contributed by atoms with Gasteiger partial charge in [0.2, 0.25) is 0 Å². The van der Waals surface area contributed by atoms with E-state index in [1.165, 1.54) is 12.8 Å². The Morgan fingerprint density at radius 3 is 2.71 bits per heavy atom. The highest BCUT2D eigenvalue weighted by atomic mass is 32.2. The van der Waals surface area contributed by atoms with E-state index >= 15 is 0 Å². The lowest BCUT2D eigenvalue weighted by Crippen LogP contribution is -2.26. The summed E-state index contributed by atoms with van der Waals surface area (Å²) >= 11 is 2.89.